The maximum atomic E-state index is 12.5. The summed E-state index contributed by atoms with van der Waals surface area (Å²) in [4.78, 5) is 1.58. The van der Waals surface area contributed by atoms with Crippen molar-refractivity contribution >= 4 is 0 Å². The lowest BCUT2D eigenvalue weighted by atomic mass is 10.3. The molecule has 1 fully saturated rings. The number of likely N-dealkylation sites (N-methyl/N-ethyl adjacent to an activating group) is 1. The van der Waals surface area contributed by atoms with E-state index in [0.29, 0.717) is 13.2 Å². The van der Waals surface area contributed by atoms with Crippen molar-refractivity contribution in [3.63, 3.8) is 0 Å². The Morgan fingerprint density at radius 1 is 1.50 bits per heavy atom. The lowest BCUT2D eigenvalue weighted by molar-refractivity contribution is -0.0664. The van der Waals surface area contributed by atoms with Crippen molar-refractivity contribution in [1.29, 1.82) is 0 Å². The average Bonchev–Trinajstić information content (AvgIpc) is 1.90. The zero-order valence-electron chi connectivity index (χ0n) is 5.94. The predicted molar refractivity (Wildman–Crippen MR) is 33.3 cm³/mol. The molecule has 1 aliphatic rings. The fraction of sp³-hybridized carbons (Fsp3) is 1.00. The van der Waals surface area contributed by atoms with Crippen molar-refractivity contribution in [3.8, 4) is 0 Å². The van der Waals surface area contributed by atoms with Crippen molar-refractivity contribution in [2.75, 3.05) is 33.4 Å². The Morgan fingerprint density at radius 2 is 2.20 bits per heavy atom. The zero-order chi connectivity index (χ0) is 7.61. The highest BCUT2D eigenvalue weighted by atomic mass is 19.3. The molecule has 0 atom stereocenters. The summed E-state index contributed by atoms with van der Waals surface area (Å²) in [5.74, 6) is -2.66. The number of nitrogens with zero attached hydrogens (tertiary/aromatic N) is 1. The number of halogens is 2. The molecule has 0 radical (unpaired) electrons. The first kappa shape index (κ1) is 7.88. The molecular formula is C6H11F2NO. The Labute approximate surface area is 58.8 Å². The summed E-state index contributed by atoms with van der Waals surface area (Å²) in [5, 5.41) is 0. The number of alkyl halides is 2. The first-order valence-electron chi connectivity index (χ1n) is 3.24. The minimum absolute atomic E-state index is 0.188. The summed E-state index contributed by atoms with van der Waals surface area (Å²) in [6, 6.07) is 0. The Bertz CT molecular complexity index is 118. The molecule has 0 aromatic rings. The monoisotopic (exact) mass is 151 g/mol. The van der Waals surface area contributed by atoms with E-state index in [1.165, 1.54) is 0 Å². The maximum Gasteiger partial charge on any atom is 0.283 e. The summed E-state index contributed by atoms with van der Waals surface area (Å²) in [6.45, 7) is 0.381. The average molecular weight is 151 g/mol. The van der Waals surface area contributed by atoms with E-state index in [9.17, 15) is 8.78 Å². The molecule has 0 spiro atoms. The van der Waals surface area contributed by atoms with Crippen molar-refractivity contribution in [2.24, 2.45) is 0 Å². The lowest BCUT2D eigenvalue weighted by Gasteiger charge is -2.17. The molecule has 0 unspecified atom stereocenters. The van der Waals surface area contributed by atoms with Crippen LogP contribution in [0, 0.1) is 0 Å². The molecular weight excluding hydrogens is 140 g/mol. The van der Waals surface area contributed by atoms with Crippen LogP contribution in [-0.2, 0) is 4.74 Å². The Kier molecular flexibility index (Phi) is 2.21. The molecule has 0 saturated carbocycles. The van der Waals surface area contributed by atoms with Crippen LogP contribution >= 0.6 is 0 Å². The third-order valence-electron chi connectivity index (χ3n) is 1.43. The molecule has 0 aromatic heterocycles. The fourth-order valence-electron chi connectivity index (χ4n) is 0.961. The molecule has 0 aromatic carbocycles. The van der Waals surface area contributed by atoms with Crippen molar-refractivity contribution < 1.29 is 13.5 Å². The van der Waals surface area contributed by atoms with Gasteiger partial charge in [-0.25, -0.2) is 8.78 Å². The van der Waals surface area contributed by atoms with Crippen LogP contribution in [-0.4, -0.2) is 44.2 Å². The van der Waals surface area contributed by atoms with Crippen LogP contribution in [0.1, 0.15) is 0 Å². The molecule has 1 saturated heterocycles. The molecule has 1 rings (SSSR count). The van der Waals surface area contributed by atoms with Gasteiger partial charge in [0, 0.05) is 6.54 Å². The number of hydrogen-bond donors (Lipinski definition) is 0. The molecule has 0 bridgehead atoms. The summed E-state index contributed by atoms with van der Waals surface area (Å²) in [5.41, 5.74) is 0. The largest absolute Gasteiger partial charge is 0.374 e. The van der Waals surface area contributed by atoms with Gasteiger partial charge in [0.15, 0.2) is 0 Å². The van der Waals surface area contributed by atoms with Crippen molar-refractivity contribution in [3.05, 3.63) is 0 Å². The summed E-state index contributed by atoms with van der Waals surface area (Å²) in [6.07, 6.45) is 0. The van der Waals surface area contributed by atoms with Gasteiger partial charge in [0.05, 0.1) is 13.2 Å². The van der Waals surface area contributed by atoms with Crippen LogP contribution in [0.2, 0.25) is 0 Å². The van der Waals surface area contributed by atoms with Gasteiger partial charge in [-0.05, 0) is 7.05 Å². The topological polar surface area (TPSA) is 12.5 Å². The minimum Gasteiger partial charge on any atom is -0.374 e. The van der Waals surface area contributed by atoms with Crippen LogP contribution in [0.15, 0.2) is 0 Å². The standard InChI is InChI=1S/C6H11F2NO/c1-9-2-3-10-5-6(7,8)4-9/h2-5H2,1H3. The van der Waals surface area contributed by atoms with Crippen LogP contribution in [0.3, 0.4) is 0 Å². The molecule has 60 valence electrons. The third-order valence-corrected chi connectivity index (χ3v) is 1.43. The highest BCUT2D eigenvalue weighted by Gasteiger charge is 2.32. The SMILES string of the molecule is CN1CCOCC(F)(F)C1. The summed E-state index contributed by atoms with van der Waals surface area (Å²) in [7, 11) is 1.67. The second-order valence-corrected chi connectivity index (χ2v) is 2.65. The smallest absolute Gasteiger partial charge is 0.283 e. The van der Waals surface area contributed by atoms with E-state index in [2.05, 4.69) is 4.74 Å². The first-order chi connectivity index (χ1) is 4.60. The lowest BCUT2D eigenvalue weighted by Crippen LogP contribution is -2.34. The normalized spacial score (nSPS) is 27.9. The molecule has 10 heavy (non-hydrogen) atoms. The van der Waals surface area contributed by atoms with Gasteiger partial charge < -0.3 is 4.74 Å². The molecule has 1 aliphatic heterocycles. The number of hydrogen-bond acceptors (Lipinski definition) is 2. The number of ether oxygens (including phenoxy) is 1. The van der Waals surface area contributed by atoms with Gasteiger partial charge in [0.1, 0.15) is 6.61 Å². The minimum atomic E-state index is -2.66. The molecule has 4 heteroatoms. The van der Waals surface area contributed by atoms with Crippen LogP contribution in [0.25, 0.3) is 0 Å². The van der Waals surface area contributed by atoms with E-state index < -0.39 is 12.5 Å². The van der Waals surface area contributed by atoms with E-state index in [-0.39, 0.29) is 6.54 Å². The molecule has 0 amide bonds. The van der Waals surface area contributed by atoms with Crippen LogP contribution < -0.4 is 0 Å². The van der Waals surface area contributed by atoms with Gasteiger partial charge in [-0.1, -0.05) is 0 Å². The van der Waals surface area contributed by atoms with Crippen molar-refractivity contribution in [1.82, 2.24) is 4.90 Å². The van der Waals surface area contributed by atoms with Gasteiger partial charge in [-0.3, -0.25) is 4.90 Å². The van der Waals surface area contributed by atoms with Gasteiger partial charge in [0.2, 0.25) is 0 Å². The van der Waals surface area contributed by atoms with Gasteiger partial charge in [0.25, 0.3) is 5.92 Å². The van der Waals surface area contributed by atoms with E-state index in [4.69, 9.17) is 0 Å². The number of rotatable bonds is 0. The van der Waals surface area contributed by atoms with E-state index in [1.807, 2.05) is 0 Å². The summed E-state index contributed by atoms with van der Waals surface area (Å²) >= 11 is 0. The van der Waals surface area contributed by atoms with Crippen molar-refractivity contribution in [2.45, 2.75) is 5.92 Å². The van der Waals surface area contributed by atoms with Crippen LogP contribution in [0.4, 0.5) is 8.78 Å². The van der Waals surface area contributed by atoms with E-state index >= 15 is 0 Å². The fourth-order valence-corrected chi connectivity index (χ4v) is 0.961. The first-order valence-corrected chi connectivity index (χ1v) is 3.24. The van der Waals surface area contributed by atoms with Gasteiger partial charge >= 0.3 is 0 Å². The second kappa shape index (κ2) is 2.80. The van der Waals surface area contributed by atoms with Gasteiger partial charge in [-0.15, -0.1) is 0 Å². The molecule has 2 nitrogen and oxygen atoms in total. The highest BCUT2D eigenvalue weighted by molar-refractivity contribution is 4.72. The quantitative estimate of drug-likeness (QED) is 0.502. The van der Waals surface area contributed by atoms with Gasteiger partial charge in [-0.2, -0.15) is 0 Å². The van der Waals surface area contributed by atoms with E-state index in [0.717, 1.165) is 0 Å². The summed E-state index contributed by atoms with van der Waals surface area (Å²) < 4.78 is 29.8. The van der Waals surface area contributed by atoms with E-state index in [1.54, 1.807) is 11.9 Å². The molecule has 0 N–H and O–H groups in total. The Balaban J connectivity index is 2.46. The molecule has 0 aliphatic carbocycles. The highest BCUT2D eigenvalue weighted by Crippen LogP contribution is 2.16. The predicted octanol–water partition coefficient (Wildman–Crippen LogP) is 0.584. The van der Waals surface area contributed by atoms with Crippen LogP contribution in [0.5, 0.6) is 0 Å². The Hall–Kier alpha value is -0.220. The third kappa shape index (κ3) is 2.19. The zero-order valence-corrected chi connectivity index (χ0v) is 5.94. The second-order valence-electron chi connectivity index (χ2n) is 2.65. The molecule has 1 heterocycles. The Morgan fingerprint density at radius 3 is 2.90 bits per heavy atom. The maximum absolute atomic E-state index is 12.5.